The van der Waals surface area contributed by atoms with Crippen LogP contribution in [0.2, 0.25) is 0 Å². The maximum atomic E-state index is 6.18. The number of hydrogen-bond donors (Lipinski definition) is 0. The molecule has 4 rings (SSSR count). The molecule has 0 saturated heterocycles. The predicted octanol–water partition coefficient (Wildman–Crippen LogP) is 5.35. The second-order valence-corrected chi connectivity index (χ2v) is 6.74. The Morgan fingerprint density at radius 3 is 2.68 bits per heavy atom. The van der Waals surface area contributed by atoms with Gasteiger partial charge in [0.15, 0.2) is 0 Å². The topological polar surface area (TPSA) is 40.2 Å². The van der Waals surface area contributed by atoms with Gasteiger partial charge in [-0.05, 0) is 42.0 Å². The van der Waals surface area contributed by atoms with Gasteiger partial charge in [-0.2, -0.15) is 0 Å². The largest absolute Gasteiger partial charge is 0.467 e. The van der Waals surface area contributed by atoms with Crippen molar-refractivity contribution in [2.75, 3.05) is 0 Å². The van der Waals surface area contributed by atoms with E-state index in [1.807, 2.05) is 48.8 Å². The van der Waals surface area contributed by atoms with Crippen molar-refractivity contribution in [1.29, 1.82) is 0 Å². The lowest BCUT2D eigenvalue weighted by Gasteiger charge is -2.17. The third-order valence-corrected chi connectivity index (χ3v) is 4.64. The Kier molecular flexibility index (Phi) is 4.68. The van der Waals surface area contributed by atoms with E-state index in [-0.39, 0.29) is 6.10 Å². The first-order chi connectivity index (χ1) is 12.3. The van der Waals surface area contributed by atoms with Crippen molar-refractivity contribution in [3.63, 3.8) is 0 Å². The van der Waals surface area contributed by atoms with Crippen LogP contribution in [0.15, 0.2) is 82.1 Å². The van der Waals surface area contributed by atoms with Crippen LogP contribution in [0.3, 0.4) is 0 Å². The van der Waals surface area contributed by atoms with Crippen molar-refractivity contribution in [1.82, 2.24) is 9.55 Å². The van der Waals surface area contributed by atoms with Gasteiger partial charge in [-0.15, -0.1) is 0 Å². The van der Waals surface area contributed by atoms with Crippen LogP contribution in [0.1, 0.15) is 17.4 Å². The molecule has 0 aliphatic heterocycles. The summed E-state index contributed by atoms with van der Waals surface area (Å²) >= 11 is 3.45. The van der Waals surface area contributed by atoms with Crippen molar-refractivity contribution >= 4 is 27.0 Å². The van der Waals surface area contributed by atoms with Crippen LogP contribution in [0.5, 0.6) is 0 Å². The molecule has 0 N–H and O–H groups in total. The first-order valence-corrected chi connectivity index (χ1v) is 8.88. The third kappa shape index (κ3) is 3.67. The highest BCUT2D eigenvalue weighted by Crippen LogP contribution is 2.24. The Morgan fingerprint density at radius 2 is 1.88 bits per heavy atom. The fraction of sp³-hybridized carbons (Fsp3) is 0.150. The van der Waals surface area contributed by atoms with Crippen molar-refractivity contribution in [3.05, 3.63) is 89.1 Å². The number of halogens is 1. The molecule has 25 heavy (non-hydrogen) atoms. The Hall–Kier alpha value is -2.37. The van der Waals surface area contributed by atoms with Gasteiger partial charge in [0.1, 0.15) is 11.9 Å². The van der Waals surface area contributed by atoms with E-state index in [2.05, 4.69) is 43.7 Å². The van der Waals surface area contributed by atoms with E-state index in [0.717, 1.165) is 26.8 Å². The molecule has 0 aliphatic rings. The molecular weight excluding hydrogens is 380 g/mol. The molecule has 1 atom stereocenters. The first-order valence-electron chi connectivity index (χ1n) is 8.09. The number of benzene rings is 2. The molecule has 2 aromatic carbocycles. The zero-order valence-corrected chi connectivity index (χ0v) is 15.1. The summed E-state index contributed by atoms with van der Waals surface area (Å²) in [4.78, 5) is 4.45. The number of fused-ring (bicyclic) bond motifs is 1. The molecule has 0 spiro atoms. The average Bonchev–Trinajstić information content (AvgIpc) is 3.30. The molecule has 126 valence electrons. The van der Waals surface area contributed by atoms with Crippen LogP contribution in [0, 0.1) is 0 Å². The highest BCUT2D eigenvalue weighted by atomic mass is 79.9. The average molecular weight is 397 g/mol. The molecule has 4 nitrogen and oxygen atoms in total. The van der Waals surface area contributed by atoms with Crippen molar-refractivity contribution < 1.29 is 9.15 Å². The molecule has 0 fully saturated rings. The number of hydrogen-bond acceptors (Lipinski definition) is 3. The number of aromatic nitrogens is 2. The highest BCUT2D eigenvalue weighted by Gasteiger charge is 2.17. The molecule has 2 aromatic heterocycles. The minimum atomic E-state index is -0.184. The molecule has 0 aliphatic carbocycles. The Labute approximate surface area is 154 Å². The summed E-state index contributed by atoms with van der Waals surface area (Å²) < 4.78 is 14.9. The molecule has 4 aromatic rings. The molecule has 2 heterocycles. The van der Waals surface area contributed by atoms with Crippen LogP contribution in [-0.2, 0) is 17.9 Å². The van der Waals surface area contributed by atoms with E-state index >= 15 is 0 Å². The summed E-state index contributed by atoms with van der Waals surface area (Å²) in [5, 5.41) is 0. The van der Waals surface area contributed by atoms with Crippen molar-refractivity contribution in [3.8, 4) is 0 Å². The van der Waals surface area contributed by atoms with Gasteiger partial charge in [0.05, 0.1) is 36.8 Å². The molecule has 0 radical (unpaired) electrons. The van der Waals surface area contributed by atoms with Gasteiger partial charge in [-0.3, -0.25) is 0 Å². The van der Waals surface area contributed by atoms with Gasteiger partial charge >= 0.3 is 0 Å². The van der Waals surface area contributed by atoms with Gasteiger partial charge in [0.2, 0.25) is 0 Å². The lowest BCUT2D eigenvalue weighted by Crippen LogP contribution is -2.12. The van der Waals surface area contributed by atoms with E-state index in [4.69, 9.17) is 9.15 Å². The second-order valence-electron chi connectivity index (χ2n) is 5.83. The second kappa shape index (κ2) is 7.25. The number of rotatable bonds is 6. The number of imidazole rings is 1. The van der Waals surface area contributed by atoms with Crippen LogP contribution < -0.4 is 0 Å². The third-order valence-electron chi connectivity index (χ3n) is 4.11. The summed E-state index contributed by atoms with van der Waals surface area (Å²) in [6.45, 7) is 1.16. The summed E-state index contributed by atoms with van der Waals surface area (Å²) in [6.07, 6.45) is 3.34. The fourth-order valence-electron chi connectivity index (χ4n) is 2.81. The number of ether oxygens (including phenoxy) is 1. The maximum absolute atomic E-state index is 6.18. The van der Waals surface area contributed by atoms with Crippen LogP contribution in [0.4, 0.5) is 0 Å². The van der Waals surface area contributed by atoms with Crippen LogP contribution >= 0.6 is 15.9 Å². The first kappa shape index (κ1) is 16.1. The molecule has 0 saturated carbocycles. The zero-order chi connectivity index (χ0) is 17.1. The smallest absolute Gasteiger partial charge is 0.134 e. The zero-order valence-electron chi connectivity index (χ0n) is 13.5. The van der Waals surface area contributed by atoms with E-state index in [1.165, 1.54) is 0 Å². The van der Waals surface area contributed by atoms with E-state index < -0.39 is 0 Å². The summed E-state index contributed by atoms with van der Waals surface area (Å²) in [7, 11) is 0. The standard InChI is InChI=1S/C20H17BrN2O2/c21-16-9-7-15(8-10-16)13-25-20(19-6-3-11-24-19)12-23-14-22-17-4-1-2-5-18(17)23/h1-11,14,20H,12-13H2. The van der Waals surface area contributed by atoms with Crippen molar-refractivity contribution in [2.45, 2.75) is 19.3 Å². The highest BCUT2D eigenvalue weighted by molar-refractivity contribution is 9.10. The van der Waals surface area contributed by atoms with E-state index in [9.17, 15) is 0 Å². The number of nitrogens with zero attached hydrogens (tertiary/aromatic N) is 2. The lowest BCUT2D eigenvalue weighted by molar-refractivity contribution is 0.0147. The van der Waals surface area contributed by atoms with E-state index in [1.54, 1.807) is 6.26 Å². The van der Waals surface area contributed by atoms with E-state index in [0.29, 0.717) is 13.2 Å². The van der Waals surface area contributed by atoms with Gasteiger partial charge in [-0.1, -0.05) is 40.2 Å². The monoisotopic (exact) mass is 396 g/mol. The van der Waals surface area contributed by atoms with Gasteiger partial charge in [-0.25, -0.2) is 4.98 Å². The minimum Gasteiger partial charge on any atom is -0.467 e. The Bertz CT molecular complexity index is 945. The molecule has 5 heteroatoms. The molecule has 1 unspecified atom stereocenters. The molecule has 0 bridgehead atoms. The van der Waals surface area contributed by atoms with Gasteiger partial charge in [0, 0.05) is 4.47 Å². The maximum Gasteiger partial charge on any atom is 0.134 e. The summed E-state index contributed by atoms with van der Waals surface area (Å²) in [6, 6.07) is 20.1. The normalized spacial score (nSPS) is 12.5. The quantitative estimate of drug-likeness (QED) is 0.440. The minimum absolute atomic E-state index is 0.184. The molecule has 0 amide bonds. The fourth-order valence-corrected chi connectivity index (χ4v) is 3.08. The van der Waals surface area contributed by atoms with Crippen LogP contribution in [0.25, 0.3) is 11.0 Å². The SMILES string of the molecule is Brc1ccc(COC(Cn2cnc3ccccc32)c2ccco2)cc1. The summed E-state index contributed by atoms with van der Waals surface area (Å²) in [5.41, 5.74) is 3.19. The lowest BCUT2D eigenvalue weighted by atomic mass is 10.2. The summed E-state index contributed by atoms with van der Waals surface area (Å²) in [5.74, 6) is 0.815. The number of para-hydroxylation sites is 2. The predicted molar refractivity (Wildman–Crippen MR) is 100 cm³/mol. The number of furan rings is 1. The van der Waals surface area contributed by atoms with Crippen LogP contribution in [-0.4, -0.2) is 9.55 Å². The molecular formula is C20H17BrN2O2. The van der Waals surface area contributed by atoms with Crippen molar-refractivity contribution in [2.24, 2.45) is 0 Å². The Balaban J connectivity index is 1.55. The van der Waals surface area contributed by atoms with Gasteiger partial charge in [0.25, 0.3) is 0 Å². The van der Waals surface area contributed by atoms with Gasteiger partial charge < -0.3 is 13.7 Å². The Morgan fingerprint density at radius 1 is 1.04 bits per heavy atom.